The summed E-state index contributed by atoms with van der Waals surface area (Å²) in [6, 6.07) is 16.4. The molecule has 0 radical (unpaired) electrons. The largest absolute Gasteiger partial charge is 0.489 e. The van der Waals surface area contributed by atoms with Crippen LogP contribution in [-0.2, 0) is 16.1 Å². The average molecular weight is 367 g/mol. The molecule has 0 N–H and O–H groups in total. The molecule has 27 heavy (non-hydrogen) atoms. The molecule has 5 nitrogen and oxygen atoms in total. The zero-order chi connectivity index (χ0) is 19.6. The molecule has 0 heterocycles. The molecule has 5 heteroatoms. The van der Waals surface area contributed by atoms with E-state index in [1.165, 1.54) is 0 Å². The van der Waals surface area contributed by atoms with E-state index < -0.39 is 5.97 Å². The van der Waals surface area contributed by atoms with Crippen molar-refractivity contribution in [1.29, 1.82) is 0 Å². The van der Waals surface area contributed by atoms with Crippen LogP contribution in [0.15, 0.2) is 66.7 Å². The van der Waals surface area contributed by atoms with Crippen LogP contribution in [0.5, 0.6) is 5.75 Å². The maximum Gasteiger partial charge on any atom is 0.339 e. The molecule has 0 spiro atoms. The lowest BCUT2D eigenvalue weighted by Crippen LogP contribution is -2.35. The van der Waals surface area contributed by atoms with E-state index in [9.17, 15) is 9.59 Å². The van der Waals surface area contributed by atoms with E-state index in [0.29, 0.717) is 30.0 Å². The number of para-hydroxylation sites is 1. The minimum absolute atomic E-state index is 0.236. The summed E-state index contributed by atoms with van der Waals surface area (Å²) in [6.07, 6.45) is 0. The van der Waals surface area contributed by atoms with Crippen LogP contribution < -0.4 is 4.74 Å². The van der Waals surface area contributed by atoms with Crippen molar-refractivity contribution in [2.75, 3.05) is 19.7 Å². The summed E-state index contributed by atoms with van der Waals surface area (Å²) >= 11 is 0. The average Bonchev–Trinajstić information content (AvgIpc) is 2.69. The van der Waals surface area contributed by atoms with Gasteiger partial charge in [-0.15, -0.1) is 0 Å². The van der Waals surface area contributed by atoms with Crippen molar-refractivity contribution < 1.29 is 19.1 Å². The van der Waals surface area contributed by atoms with Crippen LogP contribution in [0.4, 0.5) is 0 Å². The molecule has 2 rings (SSSR count). The number of nitrogens with zero attached hydrogens (tertiary/aromatic N) is 1. The topological polar surface area (TPSA) is 55.8 Å². The van der Waals surface area contributed by atoms with Crippen molar-refractivity contribution in [2.45, 2.75) is 20.5 Å². The summed E-state index contributed by atoms with van der Waals surface area (Å²) in [6.45, 7) is 8.46. The Morgan fingerprint density at radius 2 is 1.70 bits per heavy atom. The van der Waals surface area contributed by atoms with E-state index in [4.69, 9.17) is 9.47 Å². The zero-order valence-corrected chi connectivity index (χ0v) is 15.8. The predicted molar refractivity (Wildman–Crippen MR) is 105 cm³/mol. The van der Waals surface area contributed by atoms with E-state index in [2.05, 4.69) is 6.58 Å². The molecule has 0 unspecified atom stereocenters. The van der Waals surface area contributed by atoms with Crippen LogP contribution in [0.2, 0.25) is 0 Å². The minimum atomic E-state index is -0.540. The molecule has 0 aliphatic rings. The van der Waals surface area contributed by atoms with Gasteiger partial charge in [0, 0.05) is 18.7 Å². The number of carbonyl (C=O) groups excluding carboxylic acids is 2. The van der Waals surface area contributed by atoms with E-state index in [1.54, 1.807) is 23.1 Å². The van der Waals surface area contributed by atoms with Crippen molar-refractivity contribution in [1.82, 2.24) is 4.90 Å². The Hall–Kier alpha value is -3.08. The molecule has 1 amide bonds. The number of esters is 1. The Morgan fingerprint density at radius 3 is 2.37 bits per heavy atom. The molecule has 0 aromatic heterocycles. The molecule has 0 aliphatic heterocycles. The molecule has 0 saturated heterocycles. The first-order valence-corrected chi connectivity index (χ1v) is 8.86. The van der Waals surface area contributed by atoms with Crippen LogP contribution >= 0.6 is 0 Å². The Morgan fingerprint density at radius 1 is 1.04 bits per heavy atom. The van der Waals surface area contributed by atoms with Crippen LogP contribution in [0.25, 0.3) is 0 Å². The second kappa shape index (κ2) is 10.2. The first-order valence-electron chi connectivity index (χ1n) is 8.86. The fourth-order valence-electron chi connectivity index (χ4n) is 2.52. The van der Waals surface area contributed by atoms with Gasteiger partial charge in [0.15, 0.2) is 6.61 Å². The van der Waals surface area contributed by atoms with Crippen LogP contribution in [0, 0.1) is 0 Å². The zero-order valence-electron chi connectivity index (χ0n) is 15.8. The van der Waals surface area contributed by atoms with E-state index in [1.807, 2.05) is 50.2 Å². The van der Waals surface area contributed by atoms with Gasteiger partial charge in [0.05, 0.1) is 5.56 Å². The van der Waals surface area contributed by atoms with Gasteiger partial charge in [0.1, 0.15) is 12.4 Å². The molecule has 142 valence electrons. The van der Waals surface area contributed by atoms with Gasteiger partial charge in [-0.1, -0.05) is 48.6 Å². The monoisotopic (exact) mass is 367 g/mol. The molecule has 0 atom stereocenters. The highest BCUT2D eigenvalue weighted by atomic mass is 16.5. The summed E-state index contributed by atoms with van der Waals surface area (Å²) in [5.41, 5.74) is 1.97. The molecule has 2 aromatic rings. The fraction of sp³-hybridized carbons (Fsp3) is 0.273. The highest BCUT2D eigenvalue weighted by Gasteiger charge is 2.17. The number of hydrogen-bond acceptors (Lipinski definition) is 4. The molecule has 0 saturated carbocycles. The maximum atomic E-state index is 12.4. The lowest BCUT2D eigenvalue weighted by molar-refractivity contribution is -0.133. The quantitative estimate of drug-likeness (QED) is 0.499. The second-order valence-corrected chi connectivity index (χ2v) is 6.20. The maximum absolute atomic E-state index is 12.4. The summed E-state index contributed by atoms with van der Waals surface area (Å²) in [5, 5.41) is 0. The highest BCUT2D eigenvalue weighted by Crippen LogP contribution is 2.15. The van der Waals surface area contributed by atoms with E-state index >= 15 is 0 Å². The molecule has 0 bridgehead atoms. The number of ether oxygens (including phenoxy) is 2. The van der Waals surface area contributed by atoms with Gasteiger partial charge in [-0.25, -0.2) is 4.79 Å². The van der Waals surface area contributed by atoms with Crippen molar-refractivity contribution in [3.05, 3.63) is 77.9 Å². The number of hydrogen-bond donors (Lipinski definition) is 0. The molecule has 0 fully saturated rings. The van der Waals surface area contributed by atoms with Crippen molar-refractivity contribution in [2.24, 2.45) is 0 Å². The third-order valence-corrected chi connectivity index (χ3v) is 3.90. The van der Waals surface area contributed by atoms with Gasteiger partial charge in [-0.3, -0.25) is 4.79 Å². The second-order valence-electron chi connectivity index (χ2n) is 6.20. The van der Waals surface area contributed by atoms with Crippen molar-refractivity contribution in [3.8, 4) is 5.75 Å². The Bertz CT molecular complexity index is 786. The highest BCUT2D eigenvalue weighted by molar-refractivity contribution is 5.92. The SMILES string of the molecule is C=C(C)CN(CC)C(=O)COC(=O)c1ccccc1COc1ccccc1. The number of benzene rings is 2. The summed E-state index contributed by atoms with van der Waals surface area (Å²) in [4.78, 5) is 26.3. The minimum Gasteiger partial charge on any atom is -0.489 e. The van der Waals surface area contributed by atoms with E-state index in [-0.39, 0.29) is 19.1 Å². The van der Waals surface area contributed by atoms with E-state index in [0.717, 1.165) is 5.57 Å². The third kappa shape index (κ3) is 6.29. The predicted octanol–water partition coefficient (Wildman–Crippen LogP) is 3.85. The fourth-order valence-corrected chi connectivity index (χ4v) is 2.52. The standard InChI is InChI=1S/C22H25NO4/c1-4-23(14-17(2)3)21(24)16-27-22(25)20-13-9-8-10-18(20)15-26-19-11-6-5-7-12-19/h5-13H,2,4,14-16H2,1,3H3. The molecular formula is C22H25NO4. The first kappa shape index (κ1) is 20.2. The Kier molecular flexibility index (Phi) is 7.62. The summed E-state index contributed by atoms with van der Waals surface area (Å²) in [7, 11) is 0. The summed E-state index contributed by atoms with van der Waals surface area (Å²) < 4.78 is 10.9. The lowest BCUT2D eigenvalue weighted by Gasteiger charge is -2.20. The third-order valence-electron chi connectivity index (χ3n) is 3.90. The number of likely N-dealkylation sites (N-methyl/N-ethyl adjacent to an activating group) is 1. The molecular weight excluding hydrogens is 342 g/mol. The van der Waals surface area contributed by atoms with Gasteiger partial charge in [0.2, 0.25) is 0 Å². The first-order chi connectivity index (χ1) is 13.0. The van der Waals surface area contributed by atoms with Gasteiger partial charge in [-0.2, -0.15) is 0 Å². The molecule has 0 aliphatic carbocycles. The number of carbonyl (C=O) groups is 2. The van der Waals surface area contributed by atoms with Crippen LogP contribution in [0.3, 0.4) is 0 Å². The molecule has 2 aromatic carbocycles. The van der Waals surface area contributed by atoms with Crippen LogP contribution in [-0.4, -0.2) is 36.5 Å². The Labute approximate surface area is 160 Å². The number of rotatable bonds is 9. The van der Waals surface area contributed by atoms with Gasteiger partial charge >= 0.3 is 5.97 Å². The smallest absolute Gasteiger partial charge is 0.339 e. The van der Waals surface area contributed by atoms with Gasteiger partial charge < -0.3 is 14.4 Å². The lowest BCUT2D eigenvalue weighted by atomic mass is 10.1. The normalized spacial score (nSPS) is 10.1. The van der Waals surface area contributed by atoms with Crippen molar-refractivity contribution in [3.63, 3.8) is 0 Å². The summed E-state index contributed by atoms with van der Waals surface area (Å²) in [5.74, 6) is -0.0666. The van der Waals surface area contributed by atoms with Gasteiger partial charge in [-0.05, 0) is 32.0 Å². The Balaban J connectivity index is 1.98. The number of amides is 1. The van der Waals surface area contributed by atoms with Crippen LogP contribution in [0.1, 0.15) is 29.8 Å². The van der Waals surface area contributed by atoms with Gasteiger partial charge in [0.25, 0.3) is 5.91 Å². The van der Waals surface area contributed by atoms with Crippen molar-refractivity contribution >= 4 is 11.9 Å².